The van der Waals surface area contributed by atoms with Crippen molar-refractivity contribution in [3.05, 3.63) is 58.6 Å². The van der Waals surface area contributed by atoms with Crippen molar-refractivity contribution in [1.29, 1.82) is 0 Å². The SMILES string of the molecule is OCC#Cc1csc(-c2cn(C[C@@H]3OCCc4ccccc43)nn2)c1. The Morgan fingerprint density at radius 1 is 1.36 bits per heavy atom. The lowest BCUT2D eigenvalue weighted by molar-refractivity contribution is 0.0279. The van der Waals surface area contributed by atoms with Gasteiger partial charge in [-0.2, -0.15) is 0 Å². The third kappa shape index (κ3) is 3.49. The van der Waals surface area contributed by atoms with E-state index in [1.807, 2.05) is 28.4 Å². The van der Waals surface area contributed by atoms with Crippen molar-refractivity contribution in [3.8, 4) is 22.4 Å². The Morgan fingerprint density at radius 2 is 2.28 bits per heavy atom. The Hall–Kier alpha value is -2.46. The molecule has 4 rings (SSSR count). The van der Waals surface area contributed by atoms with E-state index < -0.39 is 0 Å². The number of benzene rings is 1. The van der Waals surface area contributed by atoms with E-state index in [0.29, 0.717) is 6.54 Å². The van der Waals surface area contributed by atoms with Crippen LogP contribution in [0.2, 0.25) is 0 Å². The molecule has 3 aromatic rings. The molecule has 1 N–H and O–H groups in total. The zero-order chi connectivity index (χ0) is 17.1. The largest absolute Gasteiger partial charge is 0.384 e. The average Bonchev–Trinajstić information content (AvgIpc) is 3.29. The number of ether oxygens (including phenoxy) is 1. The van der Waals surface area contributed by atoms with E-state index in [4.69, 9.17) is 9.84 Å². The molecule has 1 aromatic carbocycles. The number of fused-ring (bicyclic) bond motifs is 1. The van der Waals surface area contributed by atoms with Crippen LogP contribution in [0.5, 0.6) is 0 Å². The molecule has 0 unspecified atom stereocenters. The topological polar surface area (TPSA) is 60.2 Å². The summed E-state index contributed by atoms with van der Waals surface area (Å²) < 4.78 is 7.78. The van der Waals surface area contributed by atoms with Crippen molar-refractivity contribution in [2.45, 2.75) is 19.1 Å². The molecule has 0 radical (unpaired) electrons. The fourth-order valence-corrected chi connectivity index (χ4v) is 3.77. The fraction of sp³-hybridized carbons (Fsp3) is 0.263. The van der Waals surface area contributed by atoms with Crippen LogP contribution < -0.4 is 0 Å². The van der Waals surface area contributed by atoms with Gasteiger partial charge >= 0.3 is 0 Å². The number of thiophene rings is 1. The standard InChI is InChI=1S/C19H17N3O2S/c23-8-3-4-14-10-19(25-13-14)17-11-22(21-20-17)12-18-16-6-2-1-5-15(16)7-9-24-18/h1-2,5-6,10-11,13,18,23H,7-9,12H2/t18-/m0/s1. The summed E-state index contributed by atoms with van der Waals surface area (Å²) in [5.74, 6) is 5.56. The average molecular weight is 351 g/mol. The zero-order valence-corrected chi connectivity index (χ0v) is 14.4. The molecule has 0 amide bonds. The summed E-state index contributed by atoms with van der Waals surface area (Å²) in [6.07, 6.45) is 2.91. The van der Waals surface area contributed by atoms with Gasteiger partial charge in [0.25, 0.3) is 0 Å². The van der Waals surface area contributed by atoms with E-state index in [2.05, 4.69) is 40.4 Å². The highest BCUT2D eigenvalue weighted by atomic mass is 32.1. The molecule has 0 bridgehead atoms. The third-order valence-corrected chi connectivity index (χ3v) is 5.10. The number of aliphatic hydroxyl groups is 1. The molecular formula is C19H17N3O2S. The maximum Gasteiger partial charge on any atom is 0.123 e. The van der Waals surface area contributed by atoms with Crippen molar-refractivity contribution in [1.82, 2.24) is 15.0 Å². The van der Waals surface area contributed by atoms with Crippen LogP contribution in [0.25, 0.3) is 10.6 Å². The van der Waals surface area contributed by atoms with Gasteiger partial charge < -0.3 is 9.84 Å². The van der Waals surface area contributed by atoms with Crippen LogP contribution >= 0.6 is 11.3 Å². The van der Waals surface area contributed by atoms with E-state index in [-0.39, 0.29) is 12.7 Å². The van der Waals surface area contributed by atoms with Gasteiger partial charge in [0.15, 0.2) is 0 Å². The van der Waals surface area contributed by atoms with Gasteiger partial charge in [0.05, 0.1) is 24.2 Å². The minimum atomic E-state index is -0.135. The normalized spacial score (nSPS) is 16.1. The molecule has 5 nitrogen and oxygen atoms in total. The van der Waals surface area contributed by atoms with Crippen LogP contribution in [-0.4, -0.2) is 33.3 Å². The number of hydrogen-bond acceptors (Lipinski definition) is 5. The maximum absolute atomic E-state index is 8.77. The first kappa shape index (κ1) is 16.0. The third-order valence-electron chi connectivity index (χ3n) is 4.15. The summed E-state index contributed by atoms with van der Waals surface area (Å²) >= 11 is 1.57. The first-order chi connectivity index (χ1) is 12.3. The number of rotatable bonds is 3. The fourth-order valence-electron chi connectivity index (χ4n) is 2.98. The summed E-state index contributed by atoms with van der Waals surface area (Å²) in [6.45, 7) is 1.25. The maximum atomic E-state index is 8.77. The predicted molar refractivity (Wildman–Crippen MR) is 96.1 cm³/mol. The Morgan fingerprint density at radius 3 is 3.20 bits per heavy atom. The molecule has 25 heavy (non-hydrogen) atoms. The minimum absolute atomic E-state index is 0.00816. The van der Waals surface area contributed by atoms with E-state index in [0.717, 1.165) is 29.2 Å². The highest BCUT2D eigenvalue weighted by molar-refractivity contribution is 7.13. The lowest BCUT2D eigenvalue weighted by Crippen LogP contribution is -2.20. The smallest absolute Gasteiger partial charge is 0.123 e. The molecule has 3 heterocycles. The molecule has 1 atom stereocenters. The van der Waals surface area contributed by atoms with E-state index in [1.54, 1.807) is 11.3 Å². The van der Waals surface area contributed by atoms with Gasteiger partial charge in [-0.25, -0.2) is 4.68 Å². The molecular weight excluding hydrogens is 334 g/mol. The van der Waals surface area contributed by atoms with Gasteiger partial charge in [-0.3, -0.25) is 0 Å². The summed E-state index contributed by atoms with van der Waals surface area (Å²) in [4.78, 5) is 1.01. The molecule has 2 aromatic heterocycles. The quantitative estimate of drug-likeness (QED) is 0.737. The molecule has 1 aliphatic heterocycles. The monoisotopic (exact) mass is 351 g/mol. The molecule has 0 saturated carbocycles. The molecule has 0 saturated heterocycles. The first-order valence-electron chi connectivity index (χ1n) is 8.11. The Kier molecular flexibility index (Phi) is 4.61. The molecule has 1 aliphatic rings. The lowest BCUT2D eigenvalue weighted by Gasteiger charge is -2.25. The Bertz CT molecular complexity index is 935. The van der Waals surface area contributed by atoms with Crippen molar-refractivity contribution in [2.75, 3.05) is 13.2 Å². The van der Waals surface area contributed by atoms with Crippen molar-refractivity contribution in [3.63, 3.8) is 0 Å². The second kappa shape index (κ2) is 7.19. The number of aromatic nitrogens is 3. The highest BCUT2D eigenvalue weighted by Crippen LogP contribution is 2.29. The summed E-state index contributed by atoms with van der Waals surface area (Å²) in [5, 5.41) is 19.2. The van der Waals surface area contributed by atoms with Gasteiger partial charge in [0.2, 0.25) is 0 Å². The number of nitrogens with zero attached hydrogens (tertiary/aromatic N) is 3. The van der Waals surface area contributed by atoms with Crippen molar-refractivity contribution in [2.24, 2.45) is 0 Å². The van der Waals surface area contributed by atoms with Crippen LogP contribution in [0.3, 0.4) is 0 Å². The minimum Gasteiger partial charge on any atom is -0.384 e. The van der Waals surface area contributed by atoms with E-state index in [1.165, 1.54) is 11.1 Å². The highest BCUT2D eigenvalue weighted by Gasteiger charge is 2.21. The van der Waals surface area contributed by atoms with Crippen LogP contribution in [0.4, 0.5) is 0 Å². The second-order valence-corrected chi connectivity index (χ2v) is 6.70. The van der Waals surface area contributed by atoms with Gasteiger partial charge in [-0.1, -0.05) is 41.3 Å². The summed E-state index contributed by atoms with van der Waals surface area (Å²) in [7, 11) is 0. The van der Waals surface area contributed by atoms with E-state index in [9.17, 15) is 0 Å². The number of hydrogen-bond donors (Lipinski definition) is 1. The molecule has 126 valence electrons. The van der Waals surface area contributed by atoms with E-state index >= 15 is 0 Å². The Labute approximate surface area is 149 Å². The lowest BCUT2D eigenvalue weighted by atomic mass is 9.98. The van der Waals surface area contributed by atoms with Crippen molar-refractivity contribution < 1.29 is 9.84 Å². The summed E-state index contributed by atoms with van der Waals surface area (Å²) in [6, 6.07) is 10.4. The second-order valence-electron chi connectivity index (χ2n) is 5.79. The van der Waals surface area contributed by atoms with Gasteiger partial charge in [-0.05, 0) is 23.6 Å². The first-order valence-corrected chi connectivity index (χ1v) is 8.99. The van der Waals surface area contributed by atoms with Crippen LogP contribution in [0, 0.1) is 11.8 Å². The molecule has 0 fully saturated rings. The molecule has 0 spiro atoms. The number of aliphatic hydroxyl groups excluding tert-OH is 1. The van der Waals surface area contributed by atoms with Crippen LogP contribution in [-0.2, 0) is 17.7 Å². The Balaban J connectivity index is 1.52. The van der Waals surface area contributed by atoms with Gasteiger partial charge in [-0.15, -0.1) is 16.4 Å². The predicted octanol–water partition coefficient (Wildman–Crippen LogP) is 2.66. The molecule has 0 aliphatic carbocycles. The van der Waals surface area contributed by atoms with Gasteiger partial charge in [0.1, 0.15) is 18.4 Å². The molecule has 6 heteroatoms. The van der Waals surface area contributed by atoms with Crippen LogP contribution in [0.15, 0.2) is 41.9 Å². The van der Waals surface area contributed by atoms with Crippen molar-refractivity contribution >= 4 is 11.3 Å². The van der Waals surface area contributed by atoms with Gasteiger partial charge in [0, 0.05) is 10.9 Å². The zero-order valence-electron chi connectivity index (χ0n) is 13.6. The van der Waals surface area contributed by atoms with Crippen LogP contribution in [0.1, 0.15) is 22.8 Å². The summed E-state index contributed by atoms with van der Waals surface area (Å²) in [5.41, 5.74) is 4.30.